The molecule has 0 heterocycles. The van der Waals surface area contributed by atoms with Gasteiger partial charge in [-0.25, -0.2) is 0 Å². The van der Waals surface area contributed by atoms with E-state index in [0.717, 1.165) is 30.7 Å². The Morgan fingerprint density at radius 2 is 1.40 bits per heavy atom. The number of hydrogen-bond acceptors (Lipinski definition) is 3. The van der Waals surface area contributed by atoms with Crippen LogP contribution in [-0.4, -0.2) is 37.0 Å². The van der Waals surface area contributed by atoms with Gasteiger partial charge in [0.1, 0.15) is 0 Å². The van der Waals surface area contributed by atoms with Gasteiger partial charge >= 0.3 is 0 Å². The molecule has 0 saturated heterocycles. The van der Waals surface area contributed by atoms with Gasteiger partial charge in [0.05, 0.1) is 0 Å². The summed E-state index contributed by atoms with van der Waals surface area (Å²) < 4.78 is 1.13. The topological polar surface area (TPSA) is 32.5 Å². The Bertz CT molecular complexity index is 614. The third kappa shape index (κ3) is 8.63. The van der Waals surface area contributed by atoms with E-state index in [1.54, 1.807) is 0 Å². The van der Waals surface area contributed by atoms with Gasteiger partial charge in [-0.15, -0.1) is 0 Å². The maximum Gasteiger partial charge on any atom is 0.0238 e. The van der Waals surface area contributed by atoms with Crippen molar-refractivity contribution < 1.29 is 0 Å². The van der Waals surface area contributed by atoms with E-state index in [1.807, 2.05) is 13.8 Å². The summed E-state index contributed by atoms with van der Waals surface area (Å²) in [6, 6.07) is 17.1. The molecule has 25 heavy (non-hydrogen) atoms. The maximum absolute atomic E-state index is 5.76. The van der Waals surface area contributed by atoms with E-state index in [4.69, 9.17) is 5.73 Å². The molecule has 0 radical (unpaired) electrons. The molecule has 0 spiro atoms. The normalized spacial score (nSPS) is 10.7. The monoisotopic (exact) mass is 405 g/mol. The molecule has 0 fully saturated rings. The summed E-state index contributed by atoms with van der Waals surface area (Å²) in [5.74, 6) is 0. The molecule has 0 aliphatic carbocycles. The van der Waals surface area contributed by atoms with E-state index >= 15 is 0 Å². The largest absolute Gasteiger partial charge is 0.326 e. The maximum atomic E-state index is 5.76. The van der Waals surface area contributed by atoms with E-state index in [-0.39, 0.29) is 0 Å². The standard InChI is InChI=1S/C19H26BrN3.C2H6/c1-22(2)9-10-23(15-18-7-4-8-19(20)12-18)14-17-6-3-5-16(11-17)13-21;1-2/h3-8,11-12H,9-10,13-15,21H2,1-2H3;1-2H3. The van der Waals surface area contributed by atoms with Gasteiger partial charge in [0.15, 0.2) is 0 Å². The highest BCUT2D eigenvalue weighted by molar-refractivity contribution is 9.10. The van der Waals surface area contributed by atoms with Crippen LogP contribution in [0, 0.1) is 0 Å². The summed E-state index contributed by atoms with van der Waals surface area (Å²) >= 11 is 3.56. The molecule has 0 atom stereocenters. The van der Waals surface area contributed by atoms with Crippen molar-refractivity contribution in [2.75, 3.05) is 27.2 Å². The fourth-order valence-corrected chi connectivity index (χ4v) is 3.01. The van der Waals surface area contributed by atoms with Crippen LogP contribution in [0.15, 0.2) is 53.0 Å². The zero-order chi connectivity index (χ0) is 18.7. The highest BCUT2D eigenvalue weighted by atomic mass is 79.9. The van der Waals surface area contributed by atoms with Crippen LogP contribution in [0.25, 0.3) is 0 Å². The van der Waals surface area contributed by atoms with Crippen LogP contribution < -0.4 is 5.73 Å². The Balaban J connectivity index is 0.00000151. The molecule has 0 aromatic heterocycles. The van der Waals surface area contributed by atoms with Crippen molar-refractivity contribution in [1.82, 2.24) is 9.80 Å². The quantitative estimate of drug-likeness (QED) is 0.701. The molecule has 0 saturated carbocycles. The van der Waals surface area contributed by atoms with Crippen molar-refractivity contribution in [2.45, 2.75) is 33.5 Å². The van der Waals surface area contributed by atoms with Crippen LogP contribution in [-0.2, 0) is 19.6 Å². The van der Waals surface area contributed by atoms with Gasteiger partial charge in [-0.2, -0.15) is 0 Å². The molecule has 0 unspecified atom stereocenters. The van der Waals surface area contributed by atoms with Gasteiger partial charge in [-0.05, 0) is 42.9 Å². The van der Waals surface area contributed by atoms with Crippen molar-refractivity contribution >= 4 is 15.9 Å². The van der Waals surface area contributed by atoms with E-state index in [1.165, 1.54) is 16.7 Å². The zero-order valence-corrected chi connectivity index (χ0v) is 17.6. The molecule has 2 aromatic rings. The van der Waals surface area contributed by atoms with E-state index < -0.39 is 0 Å². The van der Waals surface area contributed by atoms with Crippen LogP contribution in [0.5, 0.6) is 0 Å². The molecule has 2 N–H and O–H groups in total. The molecule has 0 amide bonds. The molecule has 2 rings (SSSR count). The third-order valence-corrected chi connectivity index (χ3v) is 4.29. The molecular weight excluding hydrogens is 374 g/mol. The summed E-state index contributed by atoms with van der Waals surface area (Å²) in [5.41, 5.74) is 9.60. The number of nitrogens with zero attached hydrogens (tertiary/aromatic N) is 2. The Labute approximate surface area is 162 Å². The van der Waals surface area contributed by atoms with Crippen molar-refractivity contribution in [3.8, 4) is 0 Å². The number of benzene rings is 2. The predicted molar refractivity (Wildman–Crippen MR) is 112 cm³/mol. The van der Waals surface area contributed by atoms with E-state index in [9.17, 15) is 0 Å². The fraction of sp³-hybridized carbons (Fsp3) is 0.429. The highest BCUT2D eigenvalue weighted by Crippen LogP contribution is 2.15. The van der Waals surface area contributed by atoms with E-state index in [0.29, 0.717) is 6.54 Å². The van der Waals surface area contributed by atoms with Gasteiger partial charge in [-0.1, -0.05) is 66.2 Å². The van der Waals surface area contributed by atoms with Crippen molar-refractivity contribution in [3.63, 3.8) is 0 Å². The van der Waals surface area contributed by atoms with Crippen molar-refractivity contribution in [1.29, 1.82) is 0 Å². The Morgan fingerprint density at radius 3 is 1.96 bits per heavy atom. The summed E-state index contributed by atoms with van der Waals surface area (Å²) in [4.78, 5) is 4.71. The van der Waals surface area contributed by atoms with Gasteiger partial charge < -0.3 is 10.6 Å². The smallest absolute Gasteiger partial charge is 0.0238 e. The Hall–Kier alpha value is -1.20. The molecular formula is C21H32BrN3. The lowest BCUT2D eigenvalue weighted by atomic mass is 10.1. The second kappa shape index (κ2) is 12.2. The second-order valence-corrected chi connectivity index (χ2v) is 7.08. The molecule has 0 aliphatic heterocycles. The lowest BCUT2D eigenvalue weighted by molar-refractivity contribution is 0.226. The fourth-order valence-electron chi connectivity index (χ4n) is 2.56. The van der Waals surface area contributed by atoms with Crippen molar-refractivity contribution in [3.05, 3.63) is 69.7 Å². The SMILES string of the molecule is CC.CN(C)CCN(Cc1cccc(Br)c1)Cc1cccc(CN)c1. The molecule has 2 aromatic carbocycles. The van der Waals surface area contributed by atoms with Gasteiger partial charge in [0.2, 0.25) is 0 Å². The van der Waals surface area contributed by atoms with E-state index in [2.05, 4.69) is 88.4 Å². The molecule has 138 valence electrons. The first-order valence-corrected chi connectivity index (χ1v) is 9.75. The van der Waals surface area contributed by atoms with Gasteiger partial charge in [0.25, 0.3) is 0 Å². The van der Waals surface area contributed by atoms with Crippen LogP contribution in [0.2, 0.25) is 0 Å². The number of likely N-dealkylation sites (N-methyl/N-ethyl adjacent to an activating group) is 1. The lowest BCUT2D eigenvalue weighted by Gasteiger charge is -2.24. The second-order valence-electron chi connectivity index (χ2n) is 6.17. The minimum absolute atomic E-state index is 0.594. The number of halogens is 1. The lowest BCUT2D eigenvalue weighted by Crippen LogP contribution is -2.31. The number of rotatable bonds is 8. The average molecular weight is 406 g/mol. The average Bonchev–Trinajstić information content (AvgIpc) is 2.61. The van der Waals surface area contributed by atoms with Crippen LogP contribution in [0.4, 0.5) is 0 Å². The first kappa shape index (κ1) is 21.8. The van der Waals surface area contributed by atoms with Crippen LogP contribution >= 0.6 is 15.9 Å². The molecule has 0 bridgehead atoms. The molecule has 3 nitrogen and oxygen atoms in total. The number of nitrogens with two attached hydrogens (primary N) is 1. The highest BCUT2D eigenvalue weighted by Gasteiger charge is 2.09. The molecule has 4 heteroatoms. The molecule has 0 aliphatic rings. The summed E-state index contributed by atoms with van der Waals surface area (Å²) in [7, 11) is 4.23. The first-order chi connectivity index (χ1) is 12.1. The summed E-state index contributed by atoms with van der Waals surface area (Å²) in [5, 5.41) is 0. The zero-order valence-electron chi connectivity index (χ0n) is 16.0. The van der Waals surface area contributed by atoms with Gasteiger partial charge in [-0.3, -0.25) is 4.90 Å². The third-order valence-electron chi connectivity index (χ3n) is 3.79. The van der Waals surface area contributed by atoms with Crippen molar-refractivity contribution in [2.24, 2.45) is 5.73 Å². The Kier molecular flexibility index (Phi) is 10.7. The first-order valence-electron chi connectivity index (χ1n) is 8.96. The predicted octanol–water partition coefficient (Wildman–Crippen LogP) is 4.50. The number of hydrogen-bond donors (Lipinski definition) is 1. The minimum Gasteiger partial charge on any atom is -0.326 e. The minimum atomic E-state index is 0.594. The van der Waals surface area contributed by atoms with Gasteiger partial charge in [0, 0.05) is 37.2 Å². The summed E-state index contributed by atoms with van der Waals surface area (Å²) in [6.45, 7) is 8.56. The van der Waals surface area contributed by atoms with Crippen LogP contribution in [0.3, 0.4) is 0 Å². The van der Waals surface area contributed by atoms with Crippen LogP contribution in [0.1, 0.15) is 30.5 Å². The summed E-state index contributed by atoms with van der Waals surface area (Å²) in [6.07, 6.45) is 0. The Morgan fingerprint density at radius 1 is 0.840 bits per heavy atom.